The van der Waals surface area contributed by atoms with E-state index in [1.165, 1.54) is 0 Å². The van der Waals surface area contributed by atoms with E-state index in [4.69, 9.17) is 9.47 Å². The van der Waals surface area contributed by atoms with Gasteiger partial charge in [0.05, 0.1) is 10.2 Å². The fourth-order valence-electron chi connectivity index (χ4n) is 3.38. The summed E-state index contributed by atoms with van der Waals surface area (Å²) in [4.78, 5) is 38.7. The largest absolute Gasteiger partial charge is 0.490 e. The van der Waals surface area contributed by atoms with Crippen molar-refractivity contribution in [3.63, 3.8) is 0 Å². The Bertz CT molecular complexity index is 1150. The van der Waals surface area contributed by atoms with Crippen molar-refractivity contribution in [3.05, 3.63) is 69.4 Å². The molecule has 1 heterocycles. The number of nitrogens with zero attached hydrogens (tertiary/aromatic N) is 1. The van der Waals surface area contributed by atoms with Gasteiger partial charge in [-0.2, -0.15) is 0 Å². The van der Waals surface area contributed by atoms with Gasteiger partial charge in [-0.05, 0) is 71.3 Å². The van der Waals surface area contributed by atoms with Gasteiger partial charge in [0, 0.05) is 5.69 Å². The van der Waals surface area contributed by atoms with Gasteiger partial charge in [-0.15, -0.1) is 0 Å². The number of ether oxygens (including phenoxy) is 2. The minimum absolute atomic E-state index is 0.0739. The molecule has 1 aliphatic heterocycles. The van der Waals surface area contributed by atoms with Gasteiger partial charge in [0.1, 0.15) is 18.8 Å². The molecule has 1 fully saturated rings. The summed E-state index contributed by atoms with van der Waals surface area (Å²) in [6.07, 6.45) is 3.93. The van der Waals surface area contributed by atoms with Gasteiger partial charge in [-0.1, -0.05) is 37.8 Å². The van der Waals surface area contributed by atoms with E-state index < -0.39 is 24.4 Å². The first-order chi connectivity index (χ1) is 16.4. The van der Waals surface area contributed by atoms with Crippen LogP contribution in [0.2, 0.25) is 0 Å². The minimum Gasteiger partial charge on any atom is -0.490 e. The number of halogens is 1. The van der Waals surface area contributed by atoms with Crippen LogP contribution in [0.1, 0.15) is 25.0 Å². The molecule has 178 valence electrons. The summed E-state index contributed by atoms with van der Waals surface area (Å²) in [6.45, 7) is 7.86. The number of urea groups is 1. The molecule has 0 aliphatic carbocycles. The molecule has 9 heteroatoms. The van der Waals surface area contributed by atoms with Crippen molar-refractivity contribution in [3.8, 4) is 11.5 Å². The Kier molecular flexibility index (Phi) is 8.69. The van der Waals surface area contributed by atoms with E-state index in [0.29, 0.717) is 36.0 Å². The van der Waals surface area contributed by atoms with Crippen molar-refractivity contribution in [2.75, 3.05) is 25.1 Å². The van der Waals surface area contributed by atoms with Crippen LogP contribution in [0.5, 0.6) is 11.5 Å². The lowest BCUT2D eigenvalue weighted by molar-refractivity contribution is -0.127. The third kappa shape index (κ3) is 5.96. The van der Waals surface area contributed by atoms with E-state index >= 15 is 0 Å². The lowest BCUT2D eigenvalue weighted by atomic mass is 10.1. The fraction of sp³-hybridized carbons (Fsp3) is 0.240. The molecule has 2 aromatic carbocycles. The number of carbonyl (C=O) groups excluding carboxylic acids is 3. The number of imide groups is 1. The average Bonchev–Trinajstić information content (AvgIpc) is 3.06. The van der Waals surface area contributed by atoms with Gasteiger partial charge in [-0.3, -0.25) is 9.59 Å². The van der Waals surface area contributed by atoms with Crippen LogP contribution in [0.3, 0.4) is 0 Å². The van der Waals surface area contributed by atoms with Crippen LogP contribution >= 0.6 is 22.6 Å². The molecule has 1 saturated heterocycles. The Morgan fingerprint density at radius 1 is 1.21 bits per heavy atom. The van der Waals surface area contributed by atoms with E-state index in [-0.39, 0.29) is 5.70 Å². The molecule has 34 heavy (non-hydrogen) atoms. The van der Waals surface area contributed by atoms with Crippen LogP contribution in [0.15, 0.2) is 54.8 Å². The Hall–Kier alpha value is -3.34. The number of hydrogen-bond acceptors (Lipinski definition) is 5. The van der Waals surface area contributed by atoms with Crippen molar-refractivity contribution in [2.45, 2.75) is 20.3 Å². The molecule has 0 atom stereocenters. The Labute approximate surface area is 212 Å². The number of carbonyl (C=O) groups is 3. The van der Waals surface area contributed by atoms with Gasteiger partial charge < -0.3 is 20.1 Å². The smallest absolute Gasteiger partial charge is 0.329 e. The topological polar surface area (TPSA) is 97.0 Å². The zero-order valence-corrected chi connectivity index (χ0v) is 21.2. The number of benzene rings is 2. The lowest BCUT2D eigenvalue weighted by Crippen LogP contribution is -2.38. The second-order valence-electron chi connectivity index (χ2n) is 7.30. The molecule has 3 rings (SSSR count). The Morgan fingerprint density at radius 2 is 1.97 bits per heavy atom. The molecule has 0 spiro atoms. The maximum Gasteiger partial charge on any atom is 0.329 e. The SMILES string of the molecule is C=CCOc1c(I)cc(/C=C2/NC(=O)N(CC(=O)Nc3ccccc3CC)C2=O)cc1OCC. The first-order valence-corrected chi connectivity index (χ1v) is 11.9. The summed E-state index contributed by atoms with van der Waals surface area (Å²) in [7, 11) is 0. The molecule has 1 aliphatic rings. The number of amides is 4. The third-order valence-electron chi connectivity index (χ3n) is 4.92. The Balaban J connectivity index is 1.77. The van der Waals surface area contributed by atoms with Crippen LogP contribution in [0.25, 0.3) is 6.08 Å². The predicted molar refractivity (Wildman–Crippen MR) is 139 cm³/mol. The molecule has 2 aromatic rings. The van der Waals surface area contributed by atoms with E-state index in [1.807, 2.05) is 38.1 Å². The molecule has 0 radical (unpaired) electrons. The normalized spacial score (nSPS) is 14.2. The summed E-state index contributed by atoms with van der Waals surface area (Å²) in [5.41, 5.74) is 2.35. The van der Waals surface area contributed by atoms with Crippen LogP contribution in [0, 0.1) is 3.57 Å². The highest BCUT2D eigenvalue weighted by Gasteiger charge is 2.35. The first kappa shape index (κ1) is 25.3. The second-order valence-corrected chi connectivity index (χ2v) is 8.46. The Morgan fingerprint density at radius 3 is 2.68 bits per heavy atom. The van der Waals surface area contributed by atoms with Crippen LogP contribution in [0.4, 0.5) is 10.5 Å². The van der Waals surface area contributed by atoms with Gasteiger partial charge in [-0.25, -0.2) is 9.69 Å². The number of rotatable bonds is 10. The predicted octanol–water partition coefficient (Wildman–Crippen LogP) is 4.35. The summed E-state index contributed by atoms with van der Waals surface area (Å²) in [5, 5.41) is 5.32. The number of hydrogen-bond donors (Lipinski definition) is 2. The highest BCUT2D eigenvalue weighted by molar-refractivity contribution is 14.1. The third-order valence-corrected chi connectivity index (χ3v) is 5.73. The first-order valence-electron chi connectivity index (χ1n) is 10.8. The number of aryl methyl sites for hydroxylation is 1. The minimum atomic E-state index is -0.652. The van der Waals surface area contributed by atoms with Crippen molar-refractivity contribution < 1.29 is 23.9 Å². The van der Waals surface area contributed by atoms with E-state index in [9.17, 15) is 14.4 Å². The van der Waals surface area contributed by atoms with Gasteiger partial charge in [0.15, 0.2) is 11.5 Å². The lowest BCUT2D eigenvalue weighted by Gasteiger charge is -2.14. The van der Waals surface area contributed by atoms with Crippen LogP contribution < -0.4 is 20.1 Å². The van der Waals surface area contributed by atoms with Crippen molar-refractivity contribution in [1.29, 1.82) is 0 Å². The molecule has 8 nitrogen and oxygen atoms in total. The monoisotopic (exact) mass is 575 g/mol. The molecule has 0 bridgehead atoms. The molecule has 0 unspecified atom stereocenters. The van der Waals surface area contributed by atoms with E-state index in [2.05, 4.69) is 39.8 Å². The van der Waals surface area contributed by atoms with Gasteiger partial charge in [0.2, 0.25) is 5.91 Å². The maximum atomic E-state index is 12.9. The van der Waals surface area contributed by atoms with E-state index in [0.717, 1.165) is 20.5 Å². The summed E-state index contributed by atoms with van der Waals surface area (Å²) < 4.78 is 12.2. The molecule has 4 amide bonds. The molecule has 0 saturated carbocycles. The quantitative estimate of drug-likeness (QED) is 0.190. The molecule has 2 N–H and O–H groups in total. The number of anilines is 1. The average molecular weight is 575 g/mol. The molecular weight excluding hydrogens is 549 g/mol. The van der Waals surface area contributed by atoms with Crippen LogP contribution in [-0.4, -0.2) is 42.5 Å². The van der Waals surface area contributed by atoms with Crippen molar-refractivity contribution in [1.82, 2.24) is 10.2 Å². The van der Waals surface area contributed by atoms with E-state index in [1.54, 1.807) is 24.3 Å². The molecule has 0 aromatic heterocycles. The zero-order valence-electron chi connectivity index (χ0n) is 19.0. The number of nitrogens with one attached hydrogen (secondary N) is 2. The fourth-order valence-corrected chi connectivity index (χ4v) is 4.16. The van der Waals surface area contributed by atoms with Gasteiger partial charge >= 0.3 is 6.03 Å². The molecular formula is C25H26IN3O5. The van der Waals surface area contributed by atoms with Crippen molar-refractivity contribution in [2.24, 2.45) is 0 Å². The maximum absolute atomic E-state index is 12.9. The van der Waals surface area contributed by atoms with Crippen molar-refractivity contribution >= 4 is 52.2 Å². The summed E-state index contributed by atoms with van der Waals surface area (Å²) >= 11 is 2.12. The van der Waals surface area contributed by atoms with Crippen LogP contribution in [-0.2, 0) is 16.0 Å². The van der Waals surface area contributed by atoms with Gasteiger partial charge in [0.25, 0.3) is 5.91 Å². The summed E-state index contributed by atoms with van der Waals surface area (Å²) in [6, 6.07) is 10.3. The highest BCUT2D eigenvalue weighted by Crippen LogP contribution is 2.35. The zero-order chi connectivity index (χ0) is 24.7. The standard InChI is InChI=1S/C25H26IN3O5/c1-4-11-34-23-18(26)12-16(14-21(23)33-6-3)13-20-24(31)29(25(32)28-20)15-22(30)27-19-10-8-7-9-17(19)5-2/h4,7-10,12-14H,1,5-6,11,15H2,2-3H3,(H,27,30)(H,28,32)/b20-13+. The summed E-state index contributed by atoms with van der Waals surface area (Å²) in [5.74, 6) is 0.0640. The number of para-hydroxylation sites is 1. The highest BCUT2D eigenvalue weighted by atomic mass is 127. The second kappa shape index (κ2) is 11.7.